The smallest absolute Gasteiger partial charge is 0.0530 e. The molecule has 8 aromatic heterocycles. The van der Waals surface area contributed by atoms with Gasteiger partial charge in [0.25, 0.3) is 0 Å². The van der Waals surface area contributed by atoms with Gasteiger partial charge in [0.15, 0.2) is 0 Å². The highest BCUT2D eigenvalue weighted by molar-refractivity contribution is 6.33. The average molecular weight is 1790 g/mol. The molecule has 0 N–H and O–H groups in total. The number of benzene rings is 7. The van der Waals surface area contributed by atoms with Gasteiger partial charge in [-0.3, -0.25) is 29.7 Å². The summed E-state index contributed by atoms with van der Waals surface area (Å²) in [4.78, 5) is 24.4. The Morgan fingerprint density at radius 3 is 0.937 bits per heavy atom. The lowest BCUT2D eigenvalue weighted by Crippen LogP contribution is -2.32. The first-order chi connectivity index (χ1) is 60.8. The summed E-state index contributed by atoms with van der Waals surface area (Å²) in [5.41, 5.74) is 33.8. The fraction of sp³-hybridized carbons (Fsp3) is 0.280. The number of hydrogen-bond donors (Lipinski definition) is 0. The van der Waals surface area contributed by atoms with Crippen LogP contribution < -0.4 is 0 Å². The minimum Gasteiger partial charge on any atom is -0.318 e. The Morgan fingerprint density at radius 2 is 0.587 bits per heavy atom. The van der Waals surface area contributed by atoms with E-state index in [4.69, 9.17) is 69.6 Å². The standard InChI is InChI=1S/C23H24Cl2N2.C22H22Cl2N2.C21H22ClN3.C21H23N3.C20H20ClN3/c1-4-21-23-19(11-12-26(21)3)20-13-18(25)9-10-22(20)27(23)14-15(2)16-5-7-17(24)8-6-16;1-14(16-4-6-17(23)7-5-16)13-26-21-9-8-18(24)12-20(21)19-10-11-25(3)15(2)22(19)26;1-14(16-6-9-23-10-7-16)13-25-20-5-4-17(22)12-19(20)18-8-11-24(3)15(2)21(18)25;1-15-4-5-20-19(12-15)18-8-11-23(3)14-21(18)24(20)13-16(2)17-6-9-22-10-7-17;1-14(15-5-8-22-9-6-15)12-24-19-4-3-16(21)11-18(19)17-7-10-23(2)13-20(17)24/h5-10,13-14,21H,4,11-12H2,1-3H3;4-9,12-13,15H,10-11H2,1-3H3;4-7,9-10,12-13,15H,8,11H2,1-3H3;4-7,9-10,12-13H,8,11,14H2,1-3H3;3-6,8-9,11-12H,7,10,13H2,1-2H3/b15-14+;2*14-13+;16-13+;14-12+. The van der Waals surface area contributed by atoms with E-state index in [1.165, 1.54) is 172 Å². The van der Waals surface area contributed by atoms with Crippen LogP contribution in [-0.4, -0.2) is 130 Å². The van der Waals surface area contributed by atoms with Gasteiger partial charge in [-0.05, 0) is 358 Å². The minimum absolute atomic E-state index is 0.360. The van der Waals surface area contributed by atoms with Crippen LogP contribution >= 0.6 is 69.6 Å². The van der Waals surface area contributed by atoms with Gasteiger partial charge in [0.1, 0.15) is 0 Å². The van der Waals surface area contributed by atoms with Crippen LogP contribution in [0.3, 0.4) is 0 Å². The number of fused-ring (bicyclic) bond motifs is 15. The molecule has 15 aromatic rings. The Morgan fingerprint density at radius 1 is 0.317 bits per heavy atom. The topological polar surface area (TPSA) is 79.5 Å². The number of aromatic nitrogens is 8. The van der Waals surface area contributed by atoms with E-state index in [-0.39, 0.29) is 0 Å². The zero-order chi connectivity index (χ0) is 88.5. The van der Waals surface area contributed by atoms with Crippen molar-refractivity contribution in [2.24, 2.45) is 0 Å². The van der Waals surface area contributed by atoms with Crippen molar-refractivity contribution >= 4 is 183 Å². The van der Waals surface area contributed by atoms with Crippen molar-refractivity contribution in [2.45, 2.75) is 132 Å². The van der Waals surface area contributed by atoms with Crippen molar-refractivity contribution in [2.75, 3.05) is 68.0 Å². The van der Waals surface area contributed by atoms with E-state index in [9.17, 15) is 0 Å². The summed E-state index contributed by atoms with van der Waals surface area (Å²) in [6, 6.07) is 61.3. The highest BCUT2D eigenvalue weighted by Crippen LogP contribution is 2.44. The van der Waals surface area contributed by atoms with Crippen LogP contribution in [0.15, 0.2) is 213 Å². The molecule has 646 valence electrons. The maximum Gasteiger partial charge on any atom is 0.0530 e. The summed E-state index contributed by atoms with van der Waals surface area (Å²) in [6.45, 7) is 27.2. The fourth-order valence-electron chi connectivity index (χ4n) is 19.2. The van der Waals surface area contributed by atoms with Gasteiger partial charge in [0.05, 0.1) is 33.6 Å². The van der Waals surface area contributed by atoms with E-state index in [0.717, 1.165) is 114 Å². The molecule has 0 amide bonds. The van der Waals surface area contributed by atoms with Crippen molar-refractivity contribution in [3.05, 3.63) is 333 Å². The van der Waals surface area contributed by atoms with Gasteiger partial charge < -0.3 is 32.6 Å². The third kappa shape index (κ3) is 18.8. The van der Waals surface area contributed by atoms with Gasteiger partial charge in [0.2, 0.25) is 0 Å². The number of likely N-dealkylation sites (N-methyl/N-ethyl adjacent to an activating group) is 5. The molecule has 13 nitrogen and oxygen atoms in total. The van der Waals surface area contributed by atoms with E-state index >= 15 is 0 Å². The lowest BCUT2D eigenvalue weighted by atomic mass is 9.96. The zero-order valence-corrected chi connectivity index (χ0v) is 79.1. The maximum absolute atomic E-state index is 6.34. The lowest BCUT2D eigenvalue weighted by molar-refractivity contribution is 0.220. The number of hydrogen-bond acceptors (Lipinski definition) is 8. The molecule has 3 atom stereocenters. The molecule has 0 bridgehead atoms. The number of allylic oxidation sites excluding steroid dienone is 5. The second-order valence-electron chi connectivity index (χ2n) is 34.7. The van der Waals surface area contributed by atoms with Crippen molar-refractivity contribution in [3.8, 4) is 0 Å². The van der Waals surface area contributed by atoms with E-state index in [1.54, 1.807) is 0 Å². The van der Waals surface area contributed by atoms with Crippen LogP contribution in [-0.2, 0) is 45.2 Å². The zero-order valence-electron chi connectivity index (χ0n) is 74.6. The monoisotopic (exact) mass is 1790 g/mol. The third-order valence-electron chi connectivity index (χ3n) is 26.3. The molecule has 13 heterocycles. The predicted octanol–water partition coefficient (Wildman–Crippen LogP) is 27.7. The van der Waals surface area contributed by atoms with Crippen molar-refractivity contribution in [3.63, 3.8) is 0 Å². The lowest BCUT2D eigenvalue weighted by Gasteiger charge is -2.33. The Kier molecular flexibility index (Phi) is 27.5. The van der Waals surface area contributed by atoms with Gasteiger partial charge >= 0.3 is 0 Å². The van der Waals surface area contributed by atoms with Crippen LogP contribution in [0.4, 0.5) is 0 Å². The molecule has 0 aliphatic carbocycles. The molecule has 3 unspecified atom stereocenters. The molecule has 20 rings (SSSR count). The molecule has 0 saturated carbocycles. The van der Waals surface area contributed by atoms with E-state index in [0.29, 0.717) is 18.1 Å². The Hall–Kier alpha value is -10.1. The summed E-state index contributed by atoms with van der Waals surface area (Å²) in [5, 5.41) is 11.2. The van der Waals surface area contributed by atoms with Crippen molar-refractivity contribution in [1.82, 2.24) is 62.3 Å². The Balaban J connectivity index is 0.000000116. The van der Waals surface area contributed by atoms with Crippen LogP contribution in [0.1, 0.15) is 170 Å². The molecule has 7 aromatic carbocycles. The number of aryl methyl sites for hydroxylation is 1. The average Bonchev–Trinajstić information content (AvgIpc) is 1.62. The van der Waals surface area contributed by atoms with Crippen LogP contribution in [0.2, 0.25) is 30.1 Å². The second-order valence-corrected chi connectivity index (χ2v) is 37.3. The molecule has 5 aliphatic rings. The summed E-state index contributed by atoms with van der Waals surface area (Å²) in [6.07, 6.45) is 28.8. The van der Waals surface area contributed by atoms with Gasteiger partial charge in [0, 0.05) is 212 Å². The molecule has 0 saturated heterocycles. The first-order valence-electron chi connectivity index (χ1n) is 43.8. The molecule has 0 fully saturated rings. The first kappa shape index (κ1) is 89.3. The number of halogens is 6. The molecule has 5 aliphatic heterocycles. The largest absolute Gasteiger partial charge is 0.318 e. The summed E-state index contributed by atoms with van der Waals surface area (Å²) in [5.74, 6) is 0. The van der Waals surface area contributed by atoms with Crippen molar-refractivity contribution < 1.29 is 0 Å². The summed E-state index contributed by atoms with van der Waals surface area (Å²) < 4.78 is 11.8. The SMILES string of the molecule is C/C(=C\n1c2c(c3cc(C)ccc31)CCN(C)C2)c1ccncc1.C/C(=C\n1c2c(c3cc(Cl)ccc31)CCN(C)C2)c1ccncc1.C/C(=C\n1c2c(c3cc(Cl)ccc31)CCN(C)C2C)c1ccc(Cl)cc1.C/C(=C\n1c2c(c3cc(Cl)ccc31)CCN(C)C2C)c1ccncc1.CCC1c2c(c3cc(Cl)ccc3n2/C=C(\C)c2ccc(Cl)cc2)CCN1C. The number of pyridine rings is 3. The summed E-state index contributed by atoms with van der Waals surface area (Å²) in [7, 11) is 11.0. The normalized spacial score (nSPS) is 17.3. The van der Waals surface area contributed by atoms with Crippen LogP contribution in [0, 0.1) is 6.92 Å². The van der Waals surface area contributed by atoms with Gasteiger partial charge in [-0.2, -0.15) is 0 Å². The van der Waals surface area contributed by atoms with Gasteiger partial charge in [-0.15, -0.1) is 0 Å². The van der Waals surface area contributed by atoms with E-state index in [1.807, 2.05) is 97.8 Å². The minimum atomic E-state index is 0.360. The van der Waals surface area contributed by atoms with Crippen molar-refractivity contribution in [1.29, 1.82) is 0 Å². The molecular formula is C107H111Cl6N13. The Bertz CT molecular complexity index is 6530. The fourth-order valence-corrected chi connectivity index (χ4v) is 20.1. The molecule has 0 spiro atoms. The summed E-state index contributed by atoms with van der Waals surface area (Å²) >= 11 is 37.3. The van der Waals surface area contributed by atoms with Gasteiger partial charge in [-0.25, -0.2) is 0 Å². The number of rotatable bonds is 11. The predicted molar refractivity (Wildman–Crippen MR) is 538 cm³/mol. The first-order valence-corrected chi connectivity index (χ1v) is 46.1. The highest BCUT2D eigenvalue weighted by Gasteiger charge is 2.33. The molecular weight excluding hydrogens is 1680 g/mol. The van der Waals surface area contributed by atoms with E-state index < -0.39 is 0 Å². The number of nitrogens with zero attached hydrogens (tertiary/aromatic N) is 13. The third-order valence-corrected chi connectivity index (χ3v) is 27.8. The van der Waals surface area contributed by atoms with Crippen LogP contribution in [0.5, 0.6) is 0 Å². The Labute approximate surface area is 772 Å². The molecule has 19 heteroatoms. The highest BCUT2D eigenvalue weighted by atomic mass is 35.5. The maximum atomic E-state index is 6.34. The second kappa shape index (κ2) is 38.9. The van der Waals surface area contributed by atoms with E-state index in [2.05, 4.69) is 306 Å². The van der Waals surface area contributed by atoms with Crippen LogP contribution in [0.25, 0.3) is 113 Å². The van der Waals surface area contributed by atoms with Gasteiger partial charge in [-0.1, -0.05) is 112 Å². The molecule has 0 radical (unpaired) electrons. The quantitative estimate of drug-likeness (QED) is 0.127. The molecule has 126 heavy (non-hydrogen) atoms.